The van der Waals surface area contributed by atoms with Crippen LogP contribution in [0.15, 0.2) is 30.5 Å². The molecule has 1 aliphatic rings. The topological polar surface area (TPSA) is 89.2 Å². The zero-order valence-corrected chi connectivity index (χ0v) is 18.6. The maximum absolute atomic E-state index is 13.1. The molecule has 3 aromatic rings. The van der Waals surface area contributed by atoms with Crippen LogP contribution in [0.25, 0.3) is 10.9 Å². The number of nitrogens with one attached hydrogen (secondary N) is 1. The molecule has 0 radical (unpaired) electrons. The van der Waals surface area contributed by atoms with E-state index >= 15 is 0 Å². The van der Waals surface area contributed by atoms with Crippen LogP contribution in [0.5, 0.6) is 0 Å². The van der Waals surface area contributed by atoms with Crippen molar-refractivity contribution in [2.24, 2.45) is 0 Å². The molecule has 4 rings (SSSR count). The van der Waals surface area contributed by atoms with Crippen molar-refractivity contribution in [3.05, 3.63) is 47.3 Å². The number of aromatic nitrogens is 3. The van der Waals surface area contributed by atoms with Gasteiger partial charge in [0.15, 0.2) is 0 Å². The number of alkyl halides is 3. The number of pyridine rings is 1. The van der Waals surface area contributed by atoms with Crippen molar-refractivity contribution in [2.45, 2.75) is 31.4 Å². The largest absolute Gasteiger partial charge is 0.416 e. The summed E-state index contributed by atoms with van der Waals surface area (Å²) < 4.78 is 44.8. The standard InChI is InChI=1S/C23H27F3N6O/c1-32(2)22-30-20-13-29-19(15-4-7-33-8-5-15)12-18(20)21(31-22)28-6-3-14-9-16(23(24,25)26)11-17(27)10-14/h9-13,15H,3-8,27H2,1-2H3,(H,28,30,31). The molecule has 1 saturated heterocycles. The number of nitrogens with zero attached hydrogens (tertiary/aromatic N) is 4. The Bertz CT molecular complexity index is 1130. The highest BCUT2D eigenvalue weighted by molar-refractivity contribution is 5.90. The molecule has 1 aromatic carbocycles. The Morgan fingerprint density at radius 1 is 1.12 bits per heavy atom. The van der Waals surface area contributed by atoms with E-state index in [2.05, 4.69) is 20.3 Å². The Hall–Kier alpha value is -3.14. The Balaban J connectivity index is 1.59. The van der Waals surface area contributed by atoms with E-state index in [9.17, 15) is 13.2 Å². The average Bonchev–Trinajstić information content (AvgIpc) is 2.78. The monoisotopic (exact) mass is 460 g/mol. The molecule has 176 valence electrons. The highest BCUT2D eigenvalue weighted by atomic mass is 19.4. The first-order chi connectivity index (χ1) is 15.7. The Kier molecular flexibility index (Phi) is 6.55. The van der Waals surface area contributed by atoms with Crippen molar-refractivity contribution in [3.8, 4) is 0 Å². The zero-order valence-electron chi connectivity index (χ0n) is 18.6. The van der Waals surface area contributed by atoms with Gasteiger partial charge in [-0.25, -0.2) is 4.98 Å². The Morgan fingerprint density at radius 2 is 1.88 bits per heavy atom. The lowest BCUT2D eigenvalue weighted by Gasteiger charge is -2.22. The maximum Gasteiger partial charge on any atom is 0.416 e. The maximum atomic E-state index is 13.1. The van der Waals surface area contributed by atoms with Gasteiger partial charge >= 0.3 is 6.18 Å². The number of hydrogen-bond donors (Lipinski definition) is 2. The van der Waals surface area contributed by atoms with E-state index in [0.29, 0.717) is 54.9 Å². The summed E-state index contributed by atoms with van der Waals surface area (Å²) in [6, 6.07) is 5.65. The van der Waals surface area contributed by atoms with E-state index in [1.807, 2.05) is 20.2 Å². The van der Waals surface area contributed by atoms with E-state index in [-0.39, 0.29) is 5.69 Å². The molecular formula is C23H27F3N6O. The van der Waals surface area contributed by atoms with Gasteiger partial charge in [-0.2, -0.15) is 18.2 Å². The molecule has 0 unspecified atom stereocenters. The van der Waals surface area contributed by atoms with Gasteiger partial charge in [-0.15, -0.1) is 0 Å². The van der Waals surface area contributed by atoms with Gasteiger partial charge < -0.3 is 20.7 Å². The van der Waals surface area contributed by atoms with E-state index < -0.39 is 11.7 Å². The third kappa shape index (κ3) is 5.44. The van der Waals surface area contributed by atoms with Gasteiger partial charge in [0.25, 0.3) is 0 Å². The first-order valence-electron chi connectivity index (χ1n) is 10.8. The van der Waals surface area contributed by atoms with Crippen LogP contribution in [0.2, 0.25) is 0 Å². The summed E-state index contributed by atoms with van der Waals surface area (Å²) in [5.41, 5.74) is 7.22. The van der Waals surface area contributed by atoms with Gasteiger partial charge in [0.05, 0.1) is 17.3 Å². The number of fused-ring (bicyclic) bond motifs is 1. The van der Waals surface area contributed by atoms with Crippen LogP contribution in [-0.4, -0.2) is 48.8 Å². The molecule has 0 amide bonds. The third-order valence-corrected chi connectivity index (χ3v) is 5.68. The van der Waals surface area contributed by atoms with Gasteiger partial charge in [-0.1, -0.05) is 0 Å². The first kappa shape index (κ1) is 23.0. The smallest absolute Gasteiger partial charge is 0.399 e. The molecular weight excluding hydrogens is 433 g/mol. The number of rotatable bonds is 6. The lowest BCUT2D eigenvalue weighted by atomic mass is 9.95. The zero-order chi connectivity index (χ0) is 23.6. The van der Waals surface area contributed by atoms with Crippen LogP contribution < -0.4 is 16.0 Å². The van der Waals surface area contributed by atoms with Gasteiger partial charge in [0, 0.05) is 56.5 Å². The number of hydrogen-bond acceptors (Lipinski definition) is 7. The molecule has 2 aromatic heterocycles. The van der Waals surface area contributed by atoms with Gasteiger partial charge in [-0.3, -0.25) is 4.98 Å². The molecule has 10 heteroatoms. The van der Waals surface area contributed by atoms with Crippen LogP contribution >= 0.6 is 0 Å². The van der Waals surface area contributed by atoms with Crippen LogP contribution in [0.4, 0.5) is 30.6 Å². The lowest BCUT2D eigenvalue weighted by molar-refractivity contribution is -0.137. The van der Waals surface area contributed by atoms with Gasteiger partial charge in [0.2, 0.25) is 5.95 Å². The predicted molar refractivity (Wildman–Crippen MR) is 123 cm³/mol. The summed E-state index contributed by atoms with van der Waals surface area (Å²) in [7, 11) is 3.69. The summed E-state index contributed by atoms with van der Waals surface area (Å²) in [4.78, 5) is 15.6. The highest BCUT2D eigenvalue weighted by Crippen LogP contribution is 2.32. The molecule has 0 bridgehead atoms. The van der Waals surface area contributed by atoms with Gasteiger partial charge in [-0.05, 0) is 49.1 Å². The Morgan fingerprint density at radius 3 is 2.58 bits per heavy atom. The third-order valence-electron chi connectivity index (χ3n) is 5.68. The normalized spacial score (nSPS) is 15.1. The second kappa shape index (κ2) is 9.38. The van der Waals surface area contributed by atoms with Crippen molar-refractivity contribution in [3.63, 3.8) is 0 Å². The summed E-state index contributed by atoms with van der Waals surface area (Å²) in [6.45, 7) is 1.81. The summed E-state index contributed by atoms with van der Waals surface area (Å²) in [5.74, 6) is 1.46. The van der Waals surface area contributed by atoms with E-state index in [1.54, 1.807) is 17.2 Å². The minimum absolute atomic E-state index is 0.0920. The Labute approximate surface area is 190 Å². The lowest BCUT2D eigenvalue weighted by Crippen LogP contribution is -2.17. The minimum atomic E-state index is -4.44. The summed E-state index contributed by atoms with van der Waals surface area (Å²) >= 11 is 0. The average molecular weight is 461 g/mol. The number of halogens is 3. The fourth-order valence-electron chi connectivity index (χ4n) is 3.94. The quantitative estimate of drug-likeness (QED) is 0.532. The fourth-order valence-corrected chi connectivity index (χ4v) is 3.94. The van der Waals surface area contributed by atoms with Crippen molar-refractivity contribution in [2.75, 3.05) is 49.8 Å². The number of benzene rings is 1. The minimum Gasteiger partial charge on any atom is -0.399 e. The molecule has 0 atom stereocenters. The highest BCUT2D eigenvalue weighted by Gasteiger charge is 2.31. The van der Waals surface area contributed by atoms with Gasteiger partial charge in [0.1, 0.15) is 5.82 Å². The molecule has 0 saturated carbocycles. The SMILES string of the molecule is CN(C)c1nc(NCCc2cc(N)cc(C(F)(F)F)c2)c2cc(C3CCOCC3)ncc2n1. The molecule has 33 heavy (non-hydrogen) atoms. The molecule has 0 spiro atoms. The number of nitrogens with two attached hydrogens (primary N) is 1. The second-order valence-corrected chi connectivity index (χ2v) is 8.42. The summed E-state index contributed by atoms with van der Waals surface area (Å²) in [6.07, 6.45) is -0.499. The number of nitrogen functional groups attached to an aromatic ring is 1. The van der Waals surface area contributed by atoms with Crippen LogP contribution in [-0.2, 0) is 17.3 Å². The van der Waals surface area contributed by atoms with Crippen molar-refractivity contribution in [1.29, 1.82) is 0 Å². The number of anilines is 3. The fraction of sp³-hybridized carbons (Fsp3) is 0.435. The van der Waals surface area contributed by atoms with Crippen molar-refractivity contribution in [1.82, 2.24) is 15.0 Å². The van der Waals surface area contributed by atoms with Crippen LogP contribution in [0.3, 0.4) is 0 Å². The molecule has 3 heterocycles. The van der Waals surface area contributed by atoms with E-state index in [1.165, 1.54) is 0 Å². The van der Waals surface area contributed by atoms with E-state index in [4.69, 9.17) is 10.5 Å². The molecule has 1 fully saturated rings. The molecule has 0 aliphatic carbocycles. The van der Waals surface area contributed by atoms with Crippen LogP contribution in [0.1, 0.15) is 35.6 Å². The molecule has 7 nitrogen and oxygen atoms in total. The molecule has 1 aliphatic heterocycles. The second-order valence-electron chi connectivity index (χ2n) is 8.42. The van der Waals surface area contributed by atoms with Crippen molar-refractivity contribution < 1.29 is 17.9 Å². The first-order valence-corrected chi connectivity index (χ1v) is 10.8. The summed E-state index contributed by atoms with van der Waals surface area (Å²) in [5, 5.41) is 4.12. The number of ether oxygens (including phenoxy) is 1. The van der Waals surface area contributed by atoms with Crippen LogP contribution in [0, 0.1) is 0 Å². The molecule has 3 N–H and O–H groups in total. The van der Waals surface area contributed by atoms with Crippen molar-refractivity contribution >= 4 is 28.4 Å². The predicted octanol–water partition coefficient (Wildman–Crippen LogP) is 4.24. The van der Waals surface area contributed by atoms with E-state index in [0.717, 1.165) is 36.1 Å².